The first-order chi connectivity index (χ1) is 7.29. The molecule has 0 N–H and O–H groups in total. The van der Waals surface area contributed by atoms with Crippen LogP contribution in [0.5, 0.6) is 0 Å². The maximum Gasteiger partial charge on any atom is 0.0741 e. The van der Waals surface area contributed by atoms with E-state index < -0.39 is 0 Å². The van der Waals surface area contributed by atoms with Gasteiger partial charge in [-0.2, -0.15) is 0 Å². The maximum absolute atomic E-state index is 5.52. The molecule has 2 rings (SSSR count). The molecule has 0 spiro atoms. The molecule has 82 valence electrons. The third kappa shape index (κ3) is 2.58. The van der Waals surface area contributed by atoms with E-state index in [-0.39, 0.29) is 0 Å². The molecular formula is C13H19NO. The summed E-state index contributed by atoms with van der Waals surface area (Å²) in [6.45, 7) is 2.21. The van der Waals surface area contributed by atoms with E-state index >= 15 is 0 Å². The van der Waals surface area contributed by atoms with Gasteiger partial charge in [-0.05, 0) is 19.0 Å². The van der Waals surface area contributed by atoms with E-state index in [0.717, 1.165) is 19.5 Å². The Kier molecular flexibility index (Phi) is 3.39. The topological polar surface area (TPSA) is 12.5 Å². The van der Waals surface area contributed by atoms with Gasteiger partial charge in [0.1, 0.15) is 0 Å². The number of hydrogen-bond donors (Lipinski definition) is 0. The van der Waals surface area contributed by atoms with Crippen LogP contribution in [-0.2, 0) is 11.2 Å². The SMILES string of the molecule is COC1CN(C)CC1Cc1ccccc1. The molecule has 2 atom stereocenters. The highest BCUT2D eigenvalue weighted by atomic mass is 16.5. The Morgan fingerprint density at radius 2 is 2.00 bits per heavy atom. The summed E-state index contributed by atoms with van der Waals surface area (Å²) in [5.74, 6) is 0.641. The van der Waals surface area contributed by atoms with Crippen molar-refractivity contribution in [1.82, 2.24) is 4.90 Å². The Bertz CT molecular complexity index is 299. The minimum Gasteiger partial charge on any atom is -0.380 e. The lowest BCUT2D eigenvalue weighted by Gasteiger charge is -2.16. The first-order valence-corrected chi connectivity index (χ1v) is 5.55. The molecule has 0 aliphatic carbocycles. The number of benzene rings is 1. The highest BCUT2D eigenvalue weighted by Crippen LogP contribution is 2.22. The van der Waals surface area contributed by atoms with Crippen molar-refractivity contribution in [2.24, 2.45) is 5.92 Å². The molecule has 2 nitrogen and oxygen atoms in total. The smallest absolute Gasteiger partial charge is 0.0741 e. The zero-order valence-electron chi connectivity index (χ0n) is 9.52. The van der Waals surface area contributed by atoms with Crippen LogP contribution in [0.15, 0.2) is 30.3 Å². The Balaban J connectivity index is 2.00. The number of rotatable bonds is 3. The Labute approximate surface area is 91.9 Å². The molecule has 1 aromatic rings. The van der Waals surface area contributed by atoms with Gasteiger partial charge in [-0.25, -0.2) is 0 Å². The molecule has 0 bridgehead atoms. The van der Waals surface area contributed by atoms with E-state index in [2.05, 4.69) is 42.3 Å². The van der Waals surface area contributed by atoms with Crippen molar-refractivity contribution in [3.63, 3.8) is 0 Å². The second kappa shape index (κ2) is 4.77. The van der Waals surface area contributed by atoms with Crippen LogP contribution in [0, 0.1) is 5.92 Å². The number of likely N-dealkylation sites (N-methyl/N-ethyl adjacent to an activating group) is 1. The van der Waals surface area contributed by atoms with Gasteiger partial charge in [0.05, 0.1) is 6.10 Å². The summed E-state index contributed by atoms with van der Waals surface area (Å²) in [6.07, 6.45) is 1.53. The van der Waals surface area contributed by atoms with E-state index in [1.54, 1.807) is 0 Å². The van der Waals surface area contributed by atoms with Crippen LogP contribution >= 0.6 is 0 Å². The highest BCUT2D eigenvalue weighted by molar-refractivity contribution is 5.16. The Morgan fingerprint density at radius 3 is 2.67 bits per heavy atom. The number of methoxy groups -OCH3 is 1. The molecule has 1 aliphatic heterocycles. The fourth-order valence-corrected chi connectivity index (χ4v) is 2.43. The van der Waals surface area contributed by atoms with Crippen molar-refractivity contribution in [2.45, 2.75) is 12.5 Å². The van der Waals surface area contributed by atoms with Gasteiger partial charge in [-0.1, -0.05) is 30.3 Å². The first-order valence-electron chi connectivity index (χ1n) is 5.55. The molecule has 15 heavy (non-hydrogen) atoms. The molecule has 0 radical (unpaired) electrons. The van der Waals surface area contributed by atoms with Crippen molar-refractivity contribution >= 4 is 0 Å². The first kappa shape index (κ1) is 10.7. The van der Waals surface area contributed by atoms with Gasteiger partial charge < -0.3 is 9.64 Å². The van der Waals surface area contributed by atoms with Crippen LogP contribution < -0.4 is 0 Å². The highest BCUT2D eigenvalue weighted by Gasteiger charge is 2.30. The average Bonchev–Trinajstić information content (AvgIpc) is 2.60. The van der Waals surface area contributed by atoms with Crippen molar-refractivity contribution in [3.8, 4) is 0 Å². The van der Waals surface area contributed by atoms with E-state index in [1.165, 1.54) is 5.56 Å². The lowest BCUT2D eigenvalue weighted by atomic mass is 9.97. The average molecular weight is 205 g/mol. The molecule has 0 saturated carbocycles. The summed E-state index contributed by atoms with van der Waals surface area (Å²) in [4.78, 5) is 2.35. The molecular weight excluding hydrogens is 186 g/mol. The third-order valence-electron chi connectivity index (χ3n) is 3.21. The molecule has 1 saturated heterocycles. The van der Waals surface area contributed by atoms with Crippen LogP contribution in [0.2, 0.25) is 0 Å². The van der Waals surface area contributed by atoms with Crippen LogP contribution in [-0.4, -0.2) is 38.3 Å². The van der Waals surface area contributed by atoms with E-state index in [0.29, 0.717) is 12.0 Å². The number of nitrogens with zero attached hydrogens (tertiary/aromatic N) is 1. The second-order valence-corrected chi connectivity index (χ2v) is 4.45. The molecule has 1 aromatic carbocycles. The zero-order valence-corrected chi connectivity index (χ0v) is 9.52. The standard InChI is InChI=1S/C13H19NO/c1-14-9-12(13(10-14)15-2)8-11-6-4-3-5-7-11/h3-7,12-13H,8-10H2,1-2H3. The van der Waals surface area contributed by atoms with Crippen molar-refractivity contribution < 1.29 is 4.74 Å². The minimum atomic E-state index is 0.398. The minimum absolute atomic E-state index is 0.398. The van der Waals surface area contributed by atoms with Crippen molar-refractivity contribution in [2.75, 3.05) is 27.2 Å². The van der Waals surface area contributed by atoms with Gasteiger partial charge in [-0.3, -0.25) is 0 Å². The third-order valence-corrected chi connectivity index (χ3v) is 3.21. The van der Waals surface area contributed by atoms with Crippen LogP contribution in [0.25, 0.3) is 0 Å². The van der Waals surface area contributed by atoms with E-state index in [1.807, 2.05) is 7.11 Å². The van der Waals surface area contributed by atoms with E-state index in [9.17, 15) is 0 Å². The Hall–Kier alpha value is -0.860. The fraction of sp³-hybridized carbons (Fsp3) is 0.538. The zero-order chi connectivity index (χ0) is 10.7. The summed E-state index contributed by atoms with van der Waals surface area (Å²) >= 11 is 0. The summed E-state index contributed by atoms with van der Waals surface area (Å²) in [7, 11) is 3.98. The number of likely N-dealkylation sites (tertiary alicyclic amines) is 1. The Morgan fingerprint density at radius 1 is 1.27 bits per heavy atom. The van der Waals surface area contributed by atoms with Gasteiger partial charge in [-0.15, -0.1) is 0 Å². The van der Waals surface area contributed by atoms with Gasteiger partial charge >= 0.3 is 0 Å². The summed E-state index contributed by atoms with van der Waals surface area (Å²) in [5, 5.41) is 0. The van der Waals surface area contributed by atoms with Gasteiger partial charge in [0, 0.05) is 26.1 Å². The lowest BCUT2D eigenvalue weighted by molar-refractivity contribution is 0.0798. The molecule has 1 aliphatic rings. The van der Waals surface area contributed by atoms with Crippen molar-refractivity contribution in [1.29, 1.82) is 0 Å². The predicted octanol–water partition coefficient (Wildman–Crippen LogP) is 1.81. The normalized spacial score (nSPS) is 27.1. The number of hydrogen-bond acceptors (Lipinski definition) is 2. The lowest BCUT2D eigenvalue weighted by Crippen LogP contribution is -2.22. The van der Waals surface area contributed by atoms with Gasteiger partial charge in [0.25, 0.3) is 0 Å². The monoisotopic (exact) mass is 205 g/mol. The molecule has 2 unspecified atom stereocenters. The summed E-state index contributed by atoms with van der Waals surface area (Å²) in [5.41, 5.74) is 1.42. The molecule has 2 heteroatoms. The quantitative estimate of drug-likeness (QED) is 0.746. The van der Waals surface area contributed by atoms with Crippen molar-refractivity contribution in [3.05, 3.63) is 35.9 Å². The van der Waals surface area contributed by atoms with Crippen LogP contribution in [0.4, 0.5) is 0 Å². The molecule has 1 heterocycles. The second-order valence-electron chi connectivity index (χ2n) is 4.45. The van der Waals surface area contributed by atoms with E-state index in [4.69, 9.17) is 4.74 Å². The predicted molar refractivity (Wildman–Crippen MR) is 61.9 cm³/mol. The molecule has 0 amide bonds. The van der Waals surface area contributed by atoms with Gasteiger partial charge in [0.15, 0.2) is 0 Å². The number of ether oxygens (including phenoxy) is 1. The van der Waals surface area contributed by atoms with Crippen LogP contribution in [0.1, 0.15) is 5.56 Å². The fourth-order valence-electron chi connectivity index (χ4n) is 2.43. The molecule has 1 fully saturated rings. The largest absolute Gasteiger partial charge is 0.380 e. The summed E-state index contributed by atoms with van der Waals surface area (Å²) in [6, 6.07) is 10.7. The maximum atomic E-state index is 5.52. The van der Waals surface area contributed by atoms with Gasteiger partial charge in [0.2, 0.25) is 0 Å². The summed E-state index contributed by atoms with van der Waals surface area (Å²) < 4.78 is 5.52. The van der Waals surface area contributed by atoms with Crippen LogP contribution in [0.3, 0.4) is 0 Å². The molecule has 0 aromatic heterocycles.